The van der Waals surface area contributed by atoms with Gasteiger partial charge in [-0.05, 0) is 12.1 Å². The van der Waals surface area contributed by atoms with Crippen LogP contribution in [0.3, 0.4) is 0 Å². The minimum Gasteiger partial charge on any atom is -0.486 e. The first-order valence-corrected chi connectivity index (χ1v) is 10.0. The summed E-state index contributed by atoms with van der Waals surface area (Å²) in [5, 5.41) is 8.42. The average Bonchev–Trinajstić information content (AvgIpc) is 2.92. The maximum absolute atomic E-state index is 12.4. The van der Waals surface area contributed by atoms with E-state index in [0.717, 1.165) is 4.34 Å². The van der Waals surface area contributed by atoms with E-state index < -0.39 is 10.0 Å². The van der Waals surface area contributed by atoms with Gasteiger partial charge in [0.2, 0.25) is 5.13 Å². The summed E-state index contributed by atoms with van der Waals surface area (Å²) >= 11 is 2.74. The highest BCUT2D eigenvalue weighted by atomic mass is 32.2. The molecule has 1 aromatic carbocycles. The van der Waals surface area contributed by atoms with Crippen molar-refractivity contribution in [3.05, 3.63) is 18.2 Å². The van der Waals surface area contributed by atoms with Crippen LogP contribution in [-0.2, 0) is 10.0 Å². The monoisotopic (exact) mass is 373 g/mol. The molecule has 0 amide bonds. The molecule has 0 bridgehead atoms. The van der Waals surface area contributed by atoms with Crippen molar-refractivity contribution in [1.29, 1.82) is 0 Å². The van der Waals surface area contributed by atoms with Crippen LogP contribution < -0.4 is 14.2 Å². The zero-order valence-corrected chi connectivity index (χ0v) is 14.9. The standard InChI is InChI=1S/C13H15N3O4S3/c1-8(2)21-13-15-14-12(22-13)16-23(17,18)9-3-4-10-11(7-9)20-6-5-19-10/h3-4,7-8H,5-6H2,1-2H3,(H,14,16). The number of benzene rings is 1. The van der Waals surface area contributed by atoms with Gasteiger partial charge in [-0.25, -0.2) is 8.42 Å². The second-order valence-corrected chi connectivity index (χ2v) is 9.43. The summed E-state index contributed by atoms with van der Waals surface area (Å²) in [6.07, 6.45) is 0. The molecule has 7 nitrogen and oxygen atoms in total. The van der Waals surface area contributed by atoms with E-state index in [4.69, 9.17) is 9.47 Å². The Hall–Kier alpha value is -1.52. The molecule has 0 unspecified atom stereocenters. The van der Waals surface area contributed by atoms with Gasteiger partial charge in [0.1, 0.15) is 13.2 Å². The predicted molar refractivity (Wildman–Crippen MR) is 89.1 cm³/mol. The lowest BCUT2D eigenvalue weighted by atomic mass is 10.3. The summed E-state index contributed by atoms with van der Waals surface area (Å²) in [4.78, 5) is 0.0926. The average molecular weight is 373 g/mol. The lowest BCUT2D eigenvalue weighted by Gasteiger charge is -2.18. The second kappa shape index (κ2) is 6.54. The minimum atomic E-state index is -3.75. The van der Waals surface area contributed by atoms with E-state index in [1.165, 1.54) is 35.2 Å². The first-order valence-electron chi connectivity index (χ1n) is 6.87. The van der Waals surface area contributed by atoms with Gasteiger partial charge in [0.25, 0.3) is 10.0 Å². The van der Waals surface area contributed by atoms with E-state index in [1.807, 2.05) is 13.8 Å². The number of hydrogen-bond acceptors (Lipinski definition) is 8. The summed E-state index contributed by atoms with van der Waals surface area (Å²) in [5.41, 5.74) is 0. The zero-order valence-electron chi connectivity index (χ0n) is 12.5. The number of sulfonamides is 1. The maximum Gasteiger partial charge on any atom is 0.263 e. The Labute approximate surface area is 142 Å². The van der Waals surface area contributed by atoms with Gasteiger partial charge in [-0.15, -0.1) is 10.2 Å². The third-order valence-corrected chi connectivity index (χ3v) is 6.18. The third kappa shape index (κ3) is 3.88. The molecule has 10 heteroatoms. The van der Waals surface area contributed by atoms with Crippen LogP contribution in [0.4, 0.5) is 5.13 Å². The molecule has 124 valence electrons. The highest BCUT2D eigenvalue weighted by molar-refractivity contribution is 8.01. The fraction of sp³-hybridized carbons (Fsp3) is 0.385. The molecule has 1 N–H and O–H groups in total. The number of ether oxygens (including phenoxy) is 2. The van der Waals surface area contributed by atoms with Crippen LogP contribution in [0.25, 0.3) is 0 Å². The number of nitrogens with one attached hydrogen (secondary N) is 1. The van der Waals surface area contributed by atoms with Crippen LogP contribution in [-0.4, -0.2) is 37.1 Å². The number of hydrogen-bond donors (Lipinski definition) is 1. The van der Waals surface area contributed by atoms with Gasteiger partial charge in [-0.3, -0.25) is 4.72 Å². The molecule has 1 aliphatic rings. The van der Waals surface area contributed by atoms with E-state index in [0.29, 0.717) is 30.0 Å². The summed E-state index contributed by atoms with van der Waals surface area (Å²) < 4.78 is 38.8. The molecule has 0 fully saturated rings. The van der Waals surface area contributed by atoms with Gasteiger partial charge >= 0.3 is 0 Å². The second-order valence-electron chi connectivity index (χ2n) is 4.95. The van der Waals surface area contributed by atoms with Crippen molar-refractivity contribution in [3.8, 4) is 11.5 Å². The van der Waals surface area contributed by atoms with Crippen molar-refractivity contribution in [3.63, 3.8) is 0 Å². The van der Waals surface area contributed by atoms with Gasteiger partial charge in [0.15, 0.2) is 15.8 Å². The predicted octanol–water partition coefficient (Wildman–Crippen LogP) is 2.61. The fourth-order valence-electron chi connectivity index (χ4n) is 1.86. The normalized spacial score (nSPS) is 14.0. The van der Waals surface area contributed by atoms with E-state index in [2.05, 4.69) is 14.9 Å². The van der Waals surface area contributed by atoms with Crippen LogP contribution in [0, 0.1) is 0 Å². The van der Waals surface area contributed by atoms with E-state index >= 15 is 0 Å². The Morgan fingerprint density at radius 2 is 1.96 bits per heavy atom. The molecule has 0 atom stereocenters. The molecule has 23 heavy (non-hydrogen) atoms. The third-order valence-electron chi connectivity index (χ3n) is 2.79. The molecule has 1 aromatic heterocycles. The van der Waals surface area contributed by atoms with Gasteiger partial charge < -0.3 is 9.47 Å². The molecule has 0 spiro atoms. The van der Waals surface area contributed by atoms with Gasteiger partial charge in [0.05, 0.1) is 4.90 Å². The number of nitrogens with zero attached hydrogens (tertiary/aromatic N) is 2. The van der Waals surface area contributed by atoms with Crippen LogP contribution in [0.5, 0.6) is 11.5 Å². The Kier molecular flexibility index (Phi) is 4.64. The molecule has 0 radical (unpaired) electrons. The Balaban J connectivity index is 1.80. The Morgan fingerprint density at radius 1 is 1.22 bits per heavy atom. The zero-order chi connectivity index (χ0) is 16.4. The van der Waals surface area contributed by atoms with Crippen LogP contribution in [0.2, 0.25) is 0 Å². The van der Waals surface area contributed by atoms with Crippen LogP contribution in [0.1, 0.15) is 13.8 Å². The Morgan fingerprint density at radius 3 is 2.70 bits per heavy atom. The van der Waals surface area contributed by atoms with Crippen molar-refractivity contribution in [2.24, 2.45) is 0 Å². The van der Waals surface area contributed by atoms with Crippen molar-refractivity contribution in [1.82, 2.24) is 10.2 Å². The van der Waals surface area contributed by atoms with Crippen molar-refractivity contribution >= 4 is 38.3 Å². The molecule has 2 aromatic rings. The van der Waals surface area contributed by atoms with E-state index in [-0.39, 0.29) is 10.0 Å². The van der Waals surface area contributed by atoms with Crippen LogP contribution >= 0.6 is 23.1 Å². The molecular weight excluding hydrogens is 358 g/mol. The van der Waals surface area contributed by atoms with Crippen molar-refractivity contribution in [2.45, 2.75) is 28.3 Å². The minimum absolute atomic E-state index is 0.0926. The first-order chi connectivity index (χ1) is 10.9. The molecule has 0 aliphatic carbocycles. The maximum atomic E-state index is 12.4. The number of rotatable bonds is 5. The number of thioether (sulfide) groups is 1. The topological polar surface area (TPSA) is 90.4 Å². The summed E-state index contributed by atoms with van der Waals surface area (Å²) in [7, 11) is -3.75. The lowest BCUT2D eigenvalue weighted by molar-refractivity contribution is 0.171. The van der Waals surface area contributed by atoms with Crippen LogP contribution in [0.15, 0.2) is 27.4 Å². The highest BCUT2D eigenvalue weighted by Gasteiger charge is 2.21. The number of anilines is 1. The molecule has 0 saturated carbocycles. The highest BCUT2D eigenvalue weighted by Crippen LogP contribution is 2.34. The molecule has 2 heterocycles. The lowest BCUT2D eigenvalue weighted by Crippen LogP contribution is -2.17. The summed E-state index contributed by atoms with van der Waals surface area (Å²) in [5.74, 6) is 0.967. The van der Waals surface area contributed by atoms with Crippen molar-refractivity contribution in [2.75, 3.05) is 17.9 Å². The first kappa shape index (κ1) is 16.3. The Bertz CT molecular complexity index is 805. The smallest absolute Gasteiger partial charge is 0.263 e. The van der Waals surface area contributed by atoms with E-state index in [9.17, 15) is 8.42 Å². The van der Waals surface area contributed by atoms with Crippen molar-refractivity contribution < 1.29 is 17.9 Å². The fourth-order valence-corrected chi connectivity index (χ4v) is 5.09. The molecule has 3 rings (SSSR count). The number of aromatic nitrogens is 2. The molecule has 1 aliphatic heterocycles. The quantitative estimate of drug-likeness (QED) is 0.806. The van der Waals surface area contributed by atoms with Gasteiger partial charge in [-0.2, -0.15) is 0 Å². The summed E-state index contributed by atoms with van der Waals surface area (Å²) in [6, 6.07) is 4.51. The molecule has 0 saturated heterocycles. The SMILES string of the molecule is CC(C)Sc1nnc(NS(=O)(=O)c2ccc3c(c2)OCCO3)s1. The van der Waals surface area contributed by atoms with Gasteiger partial charge in [-0.1, -0.05) is 36.9 Å². The summed E-state index contributed by atoms with van der Waals surface area (Å²) in [6.45, 7) is 4.92. The van der Waals surface area contributed by atoms with Gasteiger partial charge in [0, 0.05) is 11.3 Å². The number of fused-ring (bicyclic) bond motifs is 1. The van der Waals surface area contributed by atoms with E-state index in [1.54, 1.807) is 6.07 Å². The molecular formula is C13H15N3O4S3. The largest absolute Gasteiger partial charge is 0.486 e.